The molecule has 2 rings (SSSR count). The Labute approximate surface area is 103 Å². The predicted octanol–water partition coefficient (Wildman–Crippen LogP) is 1.36. The second-order valence-electron chi connectivity index (χ2n) is 3.95. The summed E-state index contributed by atoms with van der Waals surface area (Å²) in [7, 11) is 0. The van der Waals surface area contributed by atoms with Crippen molar-refractivity contribution in [3.05, 3.63) is 23.2 Å². The number of aliphatic carboxylic acids is 1. The van der Waals surface area contributed by atoms with E-state index in [4.69, 9.17) is 22.4 Å². The van der Waals surface area contributed by atoms with Crippen molar-refractivity contribution in [1.29, 1.82) is 0 Å². The molecule has 1 saturated heterocycles. The van der Waals surface area contributed by atoms with Gasteiger partial charge in [0.15, 0.2) is 0 Å². The fraction of sp³-hybridized carbons (Fsp3) is 0.273. The van der Waals surface area contributed by atoms with Gasteiger partial charge in [-0.25, -0.2) is 0 Å². The van der Waals surface area contributed by atoms with Gasteiger partial charge in [0.25, 0.3) is 0 Å². The Morgan fingerprint density at radius 1 is 1.53 bits per heavy atom. The molecule has 3 N–H and O–H groups in total. The van der Waals surface area contributed by atoms with Gasteiger partial charge in [-0.1, -0.05) is 11.6 Å². The van der Waals surface area contributed by atoms with E-state index < -0.39 is 11.9 Å². The lowest BCUT2D eigenvalue weighted by Gasteiger charge is -2.18. The Hall–Kier alpha value is -1.75. The van der Waals surface area contributed by atoms with Gasteiger partial charge in [0, 0.05) is 18.0 Å². The fourth-order valence-electron chi connectivity index (χ4n) is 1.86. The number of hydrogen-bond donors (Lipinski definition) is 2. The highest BCUT2D eigenvalue weighted by Gasteiger charge is 2.35. The lowest BCUT2D eigenvalue weighted by Crippen LogP contribution is -2.26. The Balaban J connectivity index is 2.32. The first kappa shape index (κ1) is 11.7. The molecule has 17 heavy (non-hydrogen) atoms. The first-order valence-corrected chi connectivity index (χ1v) is 5.45. The fourth-order valence-corrected chi connectivity index (χ4v) is 2.02. The number of nitrogens with two attached hydrogens (primary N) is 1. The number of rotatable bonds is 2. The molecule has 0 radical (unpaired) electrons. The van der Waals surface area contributed by atoms with Crippen molar-refractivity contribution >= 4 is 34.9 Å². The van der Waals surface area contributed by atoms with Crippen LogP contribution in [0.4, 0.5) is 11.4 Å². The zero-order valence-corrected chi connectivity index (χ0v) is 9.65. The lowest BCUT2D eigenvalue weighted by atomic mass is 10.1. The number of carboxylic acid groups (broad SMARTS) is 1. The minimum Gasteiger partial charge on any atom is -0.481 e. The van der Waals surface area contributed by atoms with Gasteiger partial charge >= 0.3 is 5.97 Å². The molecule has 1 unspecified atom stereocenters. The van der Waals surface area contributed by atoms with Gasteiger partial charge in [0.1, 0.15) is 0 Å². The first-order valence-electron chi connectivity index (χ1n) is 5.07. The van der Waals surface area contributed by atoms with Crippen molar-refractivity contribution in [2.45, 2.75) is 6.42 Å². The number of carbonyl (C=O) groups is 2. The Kier molecular flexibility index (Phi) is 2.93. The molecule has 6 heteroatoms. The second kappa shape index (κ2) is 4.25. The third-order valence-corrected chi connectivity index (χ3v) is 2.99. The molecule has 5 nitrogen and oxygen atoms in total. The average molecular weight is 255 g/mol. The minimum atomic E-state index is -0.971. The van der Waals surface area contributed by atoms with Crippen LogP contribution in [0.5, 0.6) is 0 Å². The number of halogens is 1. The second-order valence-corrected chi connectivity index (χ2v) is 4.38. The van der Waals surface area contributed by atoms with Crippen LogP contribution in [-0.4, -0.2) is 23.5 Å². The quantitative estimate of drug-likeness (QED) is 0.781. The van der Waals surface area contributed by atoms with Crippen molar-refractivity contribution in [1.82, 2.24) is 0 Å². The zero-order valence-electron chi connectivity index (χ0n) is 8.89. The summed E-state index contributed by atoms with van der Waals surface area (Å²) in [5.41, 5.74) is 6.64. The summed E-state index contributed by atoms with van der Waals surface area (Å²) in [6.07, 6.45) is 0.00128. The topological polar surface area (TPSA) is 83.6 Å². The number of carboxylic acids is 1. The van der Waals surface area contributed by atoms with E-state index in [-0.39, 0.29) is 18.9 Å². The average Bonchev–Trinajstić information content (AvgIpc) is 2.64. The Morgan fingerprint density at radius 3 is 2.82 bits per heavy atom. The van der Waals surface area contributed by atoms with Gasteiger partial charge in [-0.05, 0) is 18.2 Å². The maximum Gasteiger partial charge on any atom is 0.308 e. The van der Waals surface area contributed by atoms with Crippen molar-refractivity contribution < 1.29 is 14.7 Å². The number of anilines is 2. The van der Waals surface area contributed by atoms with Crippen LogP contribution in [0, 0.1) is 5.92 Å². The van der Waals surface area contributed by atoms with Gasteiger partial charge in [-0.15, -0.1) is 0 Å². The van der Waals surface area contributed by atoms with E-state index in [0.717, 1.165) is 0 Å². The molecule has 1 aliphatic heterocycles. The number of hydrogen-bond acceptors (Lipinski definition) is 3. The van der Waals surface area contributed by atoms with Crippen molar-refractivity contribution in [2.75, 3.05) is 17.2 Å². The molecule has 1 heterocycles. The van der Waals surface area contributed by atoms with Crippen LogP contribution in [0.2, 0.25) is 5.02 Å². The molecule has 1 aromatic rings. The van der Waals surface area contributed by atoms with E-state index in [1.165, 1.54) is 4.90 Å². The molecule has 0 spiro atoms. The summed E-state index contributed by atoms with van der Waals surface area (Å²) in [6.45, 7) is 0.138. The highest BCUT2D eigenvalue weighted by Crippen LogP contribution is 2.31. The third kappa shape index (κ3) is 2.19. The van der Waals surface area contributed by atoms with Crippen molar-refractivity contribution in [3.63, 3.8) is 0 Å². The van der Waals surface area contributed by atoms with E-state index in [0.29, 0.717) is 16.4 Å². The zero-order chi connectivity index (χ0) is 12.6. The number of nitrogen functional groups attached to an aromatic ring is 1. The van der Waals surface area contributed by atoms with Gasteiger partial charge in [0.05, 0.1) is 17.3 Å². The van der Waals surface area contributed by atoms with Gasteiger partial charge in [-0.3, -0.25) is 9.59 Å². The van der Waals surface area contributed by atoms with Crippen LogP contribution in [0.1, 0.15) is 6.42 Å². The van der Waals surface area contributed by atoms with Crippen molar-refractivity contribution in [3.8, 4) is 0 Å². The Morgan fingerprint density at radius 2 is 2.24 bits per heavy atom. The number of amides is 1. The first-order chi connectivity index (χ1) is 7.99. The monoisotopic (exact) mass is 254 g/mol. The SMILES string of the molecule is Nc1ccc(Cl)cc1N1CC(C(=O)O)CC1=O. The molecule has 1 aromatic carbocycles. The normalized spacial score (nSPS) is 19.7. The highest BCUT2D eigenvalue weighted by molar-refractivity contribution is 6.31. The van der Waals surface area contributed by atoms with Crippen LogP contribution in [0.3, 0.4) is 0 Å². The largest absolute Gasteiger partial charge is 0.481 e. The highest BCUT2D eigenvalue weighted by atomic mass is 35.5. The van der Waals surface area contributed by atoms with Crippen LogP contribution in [-0.2, 0) is 9.59 Å². The minimum absolute atomic E-state index is 0.00128. The predicted molar refractivity (Wildman–Crippen MR) is 64.0 cm³/mol. The van der Waals surface area contributed by atoms with Crippen LogP contribution in [0.15, 0.2) is 18.2 Å². The molecule has 0 aliphatic carbocycles. The number of benzene rings is 1. The summed E-state index contributed by atoms with van der Waals surface area (Å²) in [5.74, 6) is -1.89. The lowest BCUT2D eigenvalue weighted by molar-refractivity contribution is -0.141. The molecule has 1 fully saturated rings. The molecule has 1 amide bonds. The molecule has 1 aliphatic rings. The number of carbonyl (C=O) groups excluding carboxylic acids is 1. The molecule has 0 aromatic heterocycles. The van der Waals surface area contributed by atoms with E-state index in [9.17, 15) is 9.59 Å². The third-order valence-electron chi connectivity index (χ3n) is 2.76. The maximum atomic E-state index is 11.7. The van der Waals surface area contributed by atoms with Crippen LogP contribution >= 0.6 is 11.6 Å². The molecule has 0 saturated carbocycles. The Bertz CT molecular complexity index is 490. The van der Waals surface area contributed by atoms with E-state index >= 15 is 0 Å². The van der Waals surface area contributed by atoms with Gasteiger partial charge in [-0.2, -0.15) is 0 Å². The molecular weight excluding hydrogens is 244 g/mol. The van der Waals surface area contributed by atoms with Crippen LogP contribution in [0.25, 0.3) is 0 Å². The molecule has 0 bridgehead atoms. The van der Waals surface area contributed by atoms with E-state index in [1.807, 2.05) is 0 Å². The summed E-state index contributed by atoms with van der Waals surface area (Å²) in [6, 6.07) is 4.79. The van der Waals surface area contributed by atoms with E-state index in [1.54, 1.807) is 18.2 Å². The summed E-state index contributed by atoms with van der Waals surface area (Å²) in [4.78, 5) is 23.9. The van der Waals surface area contributed by atoms with Gasteiger partial charge < -0.3 is 15.7 Å². The van der Waals surface area contributed by atoms with Crippen LogP contribution < -0.4 is 10.6 Å². The molecule has 1 atom stereocenters. The molecule has 90 valence electrons. The standard InChI is InChI=1S/C11H11ClN2O3/c12-7-1-2-8(13)9(4-7)14-5-6(11(16)17)3-10(14)15/h1-2,4,6H,3,5,13H2,(H,16,17). The summed E-state index contributed by atoms with van der Waals surface area (Å²) in [5, 5.41) is 9.34. The number of nitrogens with zero attached hydrogens (tertiary/aromatic N) is 1. The van der Waals surface area contributed by atoms with Crippen molar-refractivity contribution in [2.24, 2.45) is 5.92 Å². The summed E-state index contributed by atoms with van der Waals surface area (Å²) >= 11 is 5.83. The molecular formula is C11H11ClN2O3. The maximum absolute atomic E-state index is 11.7. The van der Waals surface area contributed by atoms with E-state index in [2.05, 4.69) is 0 Å². The smallest absolute Gasteiger partial charge is 0.308 e. The van der Waals surface area contributed by atoms with Gasteiger partial charge in [0.2, 0.25) is 5.91 Å². The summed E-state index contributed by atoms with van der Waals surface area (Å²) < 4.78 is 0.